The molecule has 2 aromatic heterocycles. The predicted octanol–water partition coefficient (Wildman–Crippen LogP) is 4.05. The Morgan fingerprint density at radius 2 is 1.67 bits per heavy atom. The number of hydrogen-bond acceptors (Lipinski definition) is 4. The molecule has 3 N–H and O–H groups in total. The topological polar surface area (TPSA) is 72.5 Å². The average molecular weight is 285 g/mol. The Labute approximate surface area is 122 Å². The van der Waals surface area contributed by atoms with Gasteiger partial charge in [-0.2, -0.15) is 0 Å². The number of aromatic hydroxyl groups is 1. The number of hydrogen-bond donors (Lipinski definition) is 2. The largest absolute Gasteiger partial charge is 0.504 e. The van der Waals surface area contributed by atoms with Crippen molar-refractivity contribution in [1.82, 2.24) is 0 Å². The van der Waals surface area contributed by atoms with Gasteiger partial charge in [-0.3, -0.25) is 0 Å². The molecule has 0 atom stereocenters. The molecule has 4 rings (SSSR count). The van der Waals surface area contributed by atoms with Crippen LogP contribution < -0.4 is 5.73 Å². The highest BCUT2D eigenvalue weighted by molar-refractivity contribution is 6.04. The highest BCUT2D eigenvalue weighted by atomic mass is 16.4. The van der Waals surface area contributed by atoms with Crippen molar-refractivity contribution in [1.29, 1.82) is 0 Å². The zero-order valence-corrected chi connectivity index (χ0v) is 11.9. The fourth-order valence-corrected chi connectivity index (χ4v) is 3.93. The first-order valence-electron chi connectivity index (χ1n) is 7.57. The van der Waals surface area contributed by atoms with E-state index in [2.05, 4.69) is 0 Å². The molecule has 2 heterocycles. The summed E-state index contributed by atoms with van der Waals surface area (Å²) in [6.07, 6.45) is 8.99. The van der Waals surface area contributed by atoms with E-state index in [9.17, 15) is 5.11 Å². The highest BCUT2D eigenvalue weighted by Crippen LogP contribution is 2.48. The summed E-state index contributed by atoms with van der Waals surface area (Å²) in [6.45, 7) is 0.591. The van der Waals surface area contributed by atoms with Gasteiger partial charge in [0.2, 0.25) is 0 Å². The van der Waals surface area contributed by atoms with E-state index in [0.717, 1.165) is 29.4 Å². The SMILES string of the molecule is NCC1(c2c3ccoc3c(O)c3ccoc23)CCCCC1. The number of benzene rings is 1. The van der Waals surface area contributed by atoms with Gasteiger partial charge < -0.3 is 19.7 Å². The van der Waals surface area contributed by atoms with Crippen LogP contribution in [-0.4, -0.2) is 11.7 Å². The first kappa shape index (κ1) is 12.8. The fourth-order valence-electron chi connectivity index (χ4n) is 3.93. The zero-order valence-electron chi connectivity index (χ0n) is 11.9. The number of fused-ring (bicyclic) bond motifs is 2. The van der Waals surface area contributed by atoms with Crippen LogP contribution in [0.2, 0.25) is 0 Å². The van der Waals surface area contributed by atoms with E-state index in [-0.39, 0.29) is 11.2 Å². The normalized spacial score (nSPS) is 18.5. The Bertz CT molecular complexity index is 741. The second kappa shape index (κ2) is 4.53. The molecule has 4 nitrogen and oxygen atoms in total. The Morgan fingerprint density at radius 3 is 2.38 bits per heavy atom. The number of furan rings is 2. The number of phenols is 1. The van der Waals surface area contributed by atoms with Crippen molar-refractivity contribution in [3.63, 3.8) is 0 Å². The minimum atomic E-state index is -0.0792. The maximum Gasteiger partial charge on any atom is 0.176 e. The fraction of sp³-hybridized carbons (Fsp3) is 0.412. The van der Waals surface area contributed by atoms with Gasteiger partial charge >= 0.3 is 0 Å². The summed E-state index contributed by atoms with van der Waals surface area (Å²) in [5.41, 5.74) is 8.53. The number of nitrogens with two attached hydrogens (primary N) is 1. The molecule has 4 heteroatoms. The van der Waals surface area contributed by atoms with Crippen molar-refractivity contribution >= 4 is 21.9 Å². The molecular weight excluding hydrogens is 266 g/mol. The Balaban J connectivity index is 2.11. The molecule has 0 aliphatic heterocycles. The molecule has 1 aromatic carbocycles. The van der Waals surface area contributed by atoms with Gasteiger partial charge in [-0.25, -0.2) is 0 Å². The van der Waals surface area contributed by atoms with Crippen LogP contribution in [0.4, 0.5) is 0 Å². The van der Waals surface area contributed by atoms with Gasteiger partial charge in [0.15, 0.2) is 11.3 Å². The summed E-state index contributed by atoms with van der Waals surface area (Å²) < 4.78 is 11.2. The van der Waals surface area contributed by atoms with Crippen molar-refractivity contribution in [2.45, 2.75) is 37.5 Å². The van der Waals surface area contributed by atoms with E-state index in [1.165, 1.54) is 19.3 Å². The molecule has 1 aliphatic carbocycles. The van der Waals surface area contributed by atoms with Crippen LogP contribution >= 0.6 is 0 Å². The van der Waals surface area contributed by atoms with Crippen molar-refractivity contribution in [2.75, 3.05) is 6.54 Å². The van der Waals surface area contributed by atoms with E-state index >= 15 is 0 Å². The lowest BCUT2D eigenvalue weighted by atomic mass is 9.68. The summed E-state index contributed by atoms with van der Waals surface area (Å²) >= 11 is 0. The molecule has 21 heavy (non-hydrogen) atoms. The van der Waals surface area contributed by atoms with Crippen molar-refractivity contribution < 1.29 is 13.9 Å². The van der Waals surface area contributed by atoms with Crippen molar-refractivity contribution in [2.24, 2.45) is 5.73 Å². The smallest absolute Gasteiger partial charge is 0.176 e. The molecular formula is C17H19NO3. The summed E-state index contributed by atoms with van der Waals surface area (Å²) in [5, 5.41) is 12.0. The summed E-state index contributed by atoms with van der Waals surface area (Å²) in [5.74, 6) is 0.158. The van der Waals surface area contributed by atoms with Crippen molar-refractivity contribution in [3.05, 3.63) is 30.2 Å². The first-order valence-corrected chi connectivity index (χ1v) is 7.57. The van der Waals surface area contributed by atoms with E-state index in [1.54, 1.807) is 18.6 Å². The molecule has 0 radical (unpaired) electrons. The predicted molar refractivity (Wildman–Crippen MR) is 81.5 cm³/mol. The lowest BCUT2D eigenvalue weighted by molar-refractivity contribution is 0.302. The molecule has 0 spiro atoms. The Kier molecular flexibility index (Phi) is 2.76. The molecule has 1 fully saturated rings. The average Bonchev–Trinajstić information content (AvgIpc) is 3.17. The van der Waals surface area contributed by atoms with E-state index in [0.29, 0.717) is 17.5 Å². The summed E-state index contributed by atoms with van der Waals surface area (Å²) in [4.78, 5) is 0. The second-order valence-electron chi connectivity index (χ2n) is 6.10. The minimum Gasteiger partial charge on any atom is -0.504 e. The van der Waals surface area contributed by atoms with Crippen molar-refractivity contribution in [3.8, 4) is 5.75 Å². The molecule has 110 valence electrons. The third kappa shape index (κ3) is 1.65. The van der Waals surface area contributed by atoms with Gasteiger partial charge in [0.25, 0.3) is 0 Å². The summed E-state index contributed by atoms with van der Waals surface area (Å²) in [7, 11) is 0. The molecule has 0 unspecified atom stereocenters. The maximum absolute atomic E-state index is 10.4. The second-order valence-corrected chi connectivity index (χ2v) is 6.10. The van der Waals surface area contributed by atoms with Crippen LogP contribution in [0.15, 0.2) is 33.5 Å². The van der Waals surface area contributed by atoms with Crippen LogP contribution in [0.25, 0.3) is 21.9 Å². The van der Waals surface area contributed by atoms with Gasteiger partial charge in [0.05, 0.1) is 17.9 Å². The van der Waals surface area contributed by atoms with E-state index in [4.69, 9.17) is 14.6 Å². The van der Waals surface area contributed by atoms with Gasteiger partial charge in [0, 0.05) is 22.9 Å². The van der Waals surface area contributed by atoms with Crippen LogP contribution in [0.5, 0.6) is 5.75 Å². The van der Waals surface area contributed by atoms with Crippen LogP contribution in [-0.2, 0) is 5.41 Å². The minimum absolute atomic E-state index is 0.0792. The monoisotopic (exact) mass is 285 g/mol. The Hall–Kier alpha value is -1.94. The van der Waals surface area contributed by atoms with Gasteiger partial charge in [0.1, 0.15) is 5.58 Å². The summed E-state index contributed by atoms with van der Waals surface area (Å²) in [6, 6.07) is 3.71. The van der Waals surface area contributed by atoms with Crippen LogP contribution in [0.1, 0.15) is 37.7 Å². The van der Waals surface area contributed by atoms with Gasteiger partial charge in [-0.05, 0) is 25.0 Å². The molecule has 1 saturated carbocycles. The molecule has 0 amide bonds. The highest BCUT2D eigenvalue weighted by Gasteiger charge is 2.37. The maximum atomic E-state index is 10.4. The van der Waals surface area contributed by atoms with Crippen LogP contribution in [0, 0.1) is 0 Å². The molecule has 3 aromatic rings. The number of rotatable bonds is 2. The quantitative estimate of drug-likeness (QED) is 0.745. The third-order valence-electron chi connectivity index (χ3n) is 5.03. The van der Waals surface area contributed by atoms with E-state index in [1.807, 2.05) is 6.07 Å². The lowest BCUT2D eigenvalue weighted by Crippen LogP contribution is -2.37. The van der Waals surface area contributed by atoms with E-state index < -0.39 is 0 Å². The zero-order chi connectivity index (χ0) is 14.4. The standard InChI is InChI=1S/C17H19NO3/c18-10-17(6-2-1-3-7-17)13-11-4-8-21-16(11)14(19)12-5-9-20-15(12)13/h4-5,8-9,19H,1-3,6-7,10,18H2. The third-order valence-corrected chi connectivity index (χ3v) is 5.03. The van der Waals surface area contributed by atoms with Gasteiger partial charge in [-0.15, -0.1) is 0 Å². The molecule has 0 saturated heterocycles. The van der Waals surface area contributed by atoms with Crippen LogP contribution in [0.3, 0.4) is 0 Å². The Morgan fingerprint density at radius 1 is 1.00 bits per heavy atom. The lowest BCUT2D eigenvalue weighted by Gasteiger charge is -2.37. The molecule has 1 aliphatic rings. The van der Waals surface area contributed by atoms with Gasteiger partial charge in [-0.1, -0.05) is 19.3 Å². The first-order chi connectivity index (χ1) is 10.3. The molecule has 0 bridgehead atoms. The number of phenolic OH excluding ortho intramolecular Hbond substituents is 1.